The predicted octanol–water partition coefficient (Wildman–Crippen LogP) is 1.14. The molecule has 0 amide bonds. The van der Waals surface area contributed by atoms with Crippen LogP contribution in [0.2, 0.25) is 0 Å². The number of nitrogens with two attached hydrogens (primary N) is 1. The van der Waals surface area contributed by atoms with Gasteiger partial charge in [-0.15, -0.1) is 0 Å². The fraction of sp³-hybridized carbons (Fsp3) is 0.812. The number of rotatable bonds is 12. The summed E-state index contributed by atoms with van der Waals surface area (Å²) in [6.45, 7) is 1.98. The molecule has 26 heavy (non-hydrogen) atoms. The molecular formula is C16H29N2O7P. The molecule has 0 bridgehead atoms. The zero-order chi connectivity index (χ0) is 19.4. The van der Waals surface area contributed by atoms with Crippen molar-refractivity contribution in [3.63, 3.8) is 0 Å². The molecule has 0 aromatic heterocycles. The molecule has 1 rings (SSSR count). The van der Waals surface area contributed by atoms with Crippen molar-refractivity contribution in [1.82, 2.24) is 5.32 Å². The summed E-state index contributed by atoms with van der Waals surface area (Å²) in [4.78, 5) is 34.7. The van der Waals surface area contributed by atoms with E-state index in [0.717, 1.165) is 25.7 Å². The van der Waals surface area contributed by atoms with Crippen LogP contribution < -0.4 is 11.1 Å². The van der Waals surface area contributed by atoms with Crippen LogP contribution in [0.5, 0.6) is 0 Å². The first kappa shape index (κ1) is 22.8. The quantitative estimate of drug-likeness (QED) is 0.165. The van der Waals surface area contributed by atoms with Gasteiger partial charge in [-0.25, -0.2) is 4.79 Å². The van der Waals surface area contributed by atoms with Gasteiger partial charge in [-0.3, -0.25) is 18.7 Å². The smallest absolute Gasteiger partial charge is 0.330 e. The van der Waals surface area contributed by atoms with E-state index >= 15 is 0 Å². The predicted molar refractivity (Wildman–Crippen MR) is 94.7 cm³/mol. The number of carbonyl (C=O) groups is 3. The average Bonchev–Trinajstić information content (AvgIpc) is 3.08. The summed E-state index contributed by atoms with van der Waals surface area (Å²) in [5, 5.41) is 2.93. The van der Waals surface area contributed by atoms with Gasteiger partial charge in [-0.2, -0.15) is 0 Å². The Kier molecular flexibility index (Phi) is 10.7. The Bertz CT molecular complexity index is 521. The zero-order valence-corrected chi connectivity index (χ0v) is 16.1. The summed E-state index contributed by atoms with van der Waals surface area (Å²) in [6, 6.07) is -0.503. The molecule has 150 valence electrons. The van der Waals surface area contributed by atoms with Crippen molar-refractivity contribution in [2.45, 2.75) is 51.5 Å². The Morgan fingerprint density at radius 3 is 2.54 bits per heavy atom. The molecule has 1 unspecified atom stereocenters. The third-order valence-corrected chi connectivity index (χ3v) is 6.25. The highest BCUT2D eigenvalue weighted by Crippen LogP contribution is 2.47. The molecule has 0 aromatic rings. The van der Waals surface area contributed by atoms with Gasteiger partial charge in [0.2, 0.25) is 7.37 Å². The first-order valence-electron chi connectivity index (χ1n) is 8.90. The normalized spacial score (nSPS) is 18.9. The van der Waals surface area contributed by atoms with Gasteiger partial charge < -0.3 is 20.5 Å². The number of hydrogen-bond donors (Lipinski definition) is 2. The van der Waals surface area contributed by atoms with Crippen LogP contribution in [-0.2, 0) is 32.9 Å². The molecule has 9 nitrogen and oxygen atoms in total. The largest absolute Gasteiger partial charge is 0.438 e. The highest BCUT2D eigenvalue weighted by molar-refractivity contribution is 7.59. The van der Waals surface area contributed by atoms with Crippen LogP contribution in [-0.4, -0.2) is 56.2 Å². The molecule has 0 aliphatic carbocycles. The Morgan fingerprint density at radius 1 is 1.19 bits per heavy atom. The van der Waals surface area contributed by atoms with E-state index in [0.29, 0.717) is 25.9 Å². The number of nitrogens with one attached hydrogen (secondary N) is 1. The van der Waals surface area contributed by atoms with Gasteiger partial charge in [0.25, 0.3) is 0 Å². The van der Waals surface area contributed by atoms with Crippen molar-refractivity contribution in [2.24, 2.45) is 5.73 Å². The van der Waals surface area contributed by atoms with Crippen molar-refractivity contribution in [3.8, 4) is 0 Å². The van der Waals surface area contributed by atoms with E-state index < -0.39 is 44.3 Å². The second kappa shape index (κ2) is 12.2. The maximum absolute atomic E-state index is 12.9. The number of esters is 3. The number of ether oxygens (including phenoxy) is 2. The Hall–Kier alpha value is -1.28. The summed E-state index contributed by atoms with van der Waals surface area (Å²) in [7, 11) is -3.42. The van der Waals surface area contributed by atoms with Crippen molar-refractivity contribution in [3.05, 3.63) is 0 Å². The van der Waals surface area contributed by atoms with E-state index in [1.54, 1.807) is 0 Å². The minimum Gasteiger partial charge on any atom is -0.438 e. The third kappa shape index (κ3) is 9.43. The number of unbranched alkanes of at least 4 members (excludes halogenated alkanes) is 3. The lowest BCUT2D eigenvalue weighted by molar-refractivity contribution is -0.159. The van der Waals surface area contributed by atoms with E-state index in [4.69, 9.17) is 15.0 Å². The molecule has 0 spiro atoms. The molecule has 2 atom stereocenters. The lowest BCUT2D eigenvalue weighted by Gasteiger charge is -2.18. The molecule has 10 heteroatoms. The minimum absolute atomic E-state index is 0.143. The van der Waals surface area contributed by atoms with Gasteiger partial charge in [-0.05, 0) is 38.8 Å². The lowest BCUT2D eigenvalue weighted by Crippen LogP contribution is -2.34. The Labute approximate surface area is 153 Å². The molecule has 1 heterocycles. The minimum atomic E-state index is -3.42. The molecule has 0 radical (unpaired) electrons. The van der Waals surface area contributed by atoms with Crippen LogP contribution in [0.3, 0.4) is 0 Å². The first-order valence-corrected chi connectivity index (χ1v) is 10.9. The average molecular weight is 392 g/mol. The summed E-state index contributed by atoms with van der Waals surface area (Å²) in [5.41, 5.74) is 5.43. The zero-order valence-electron chi connectivity index (χ0n) is 15.2. The van der Waals surface area contributed by atoms with Crippen molar-refractivity contribution in [2.75, 3.05) is 32.2 Å². The summed E-state index contributed by atoms with van der Waals surface area (Å²) >= 11 is 0. The van der Waals surface area contributed by atoms with Gasteiger partial charge in [-0.1, -0.05) is 12.8 Å². The monoisotopic (exact) mass is 392 g/mol. The Morgan fingerprint density at radius 2 is 1.92 bits per heavy atom. The van der Waals surface area contributed by atoms with Crippen molar-refractivity contribution in [1.29, 1.82) is 0 Å². The van der Waals surface area contributed by atoms with Gasteiger partial charge in [0.15, 0.2) is 6.79 Å². The van der Waals surface area contributed by atoms with Crippen LogP contribution in [0.4, 0.5) is 0 Å². The summed E-state index contributed by atoms with van der Waals surface area (Å²) in [5.74, 6) is -2.14. The van der Waals surface area contributed by atoms with Gasteiger partial charge in [0, 0.05) is 13.1 Å². The van der Waals surface area contributed by atoms with Crippen LogP contribution >= 0.6 is 7.37 Å². The molecule has 0 aromatic carbocycles. The topological polar surface area (TPSA) is 134 Å². The first-order chi connectivity index (χ1) is 12.4. The van der Waals surface area contributed by atoms with Gasteiger partial charge in [0.05, 0.1) is 0 Å². The second-order valence-corrected chi connectivity index (χ2v) is 8.87. The van der Waals surface area contributed by atoms with Crippen molar-refractivity contribution >= 4 is 25.3 Å². The standard InChI is InChI=1S/C16H29N2O7P/c1-13(19)23-12-24-26(22,10-5-3-2-4-8-17)11-15(20)25-16(21)14-7-6-9-18-14/h14,18H,2-12,17H2,1H3/t14-,26?/m0/s1. The molecule has 1 aliphatic rings. The van der Waals surface area contributed by atoms with E-state index in [2.05, 4.69) is 10.1 Å². The molecule has 1 saturated heterocycles. The molecule has 3 N–H and O–H groups in total. The highest BCUT2D eigenvalue weighted by atomic mass is 31.2. The second-order valence-electron chi connectivity index (χ2n) is 6.22. The molecule has 1 fully saturated rings. The number of carbonyl (C=O) groups excluding carboxylic acids is 3. The lowest BCUT2D eigenvalue weighted by atomic mass is 10.2. The SMILES string of the molecule is CC(=O)OCOP(=O)(CCCCCCN)CC(=O)OC(=O)[C@@H]1CCCN1. The maximum Gasteiger partial charge on any atom is 0.330 e. The molecule has 1 aliphatic heterocycles. The van der Waals surface area contributed by atoms with E-state index in [1.165, 1.54) is 6.92 Å². The van der Waals surface area contributed by atoms with E-state index in [1.807, 2.05) is 0 Å². The number of hydrogen-bond acceptors (Lipinski definition) is 9. The summed E-state index contributed by atoms with van der Waals surface area (Å²) in [6.07, 6.45) is 4.17. The fourth-order valence-electron chi connectivity index (χ4n) is 2.54. The van der Waals surface area contributed by atoms with E-state index in [9.17, 15) is 18.9 Å². The van der Waals surface area contributed by atoms with Gasteiger partial charge >= 0.3 is 17.9 Å². The third-order valence-electron chi connectivity index (χ3n) is 3.93. The summed E-state index contributed by atoms with van der Waals surface area (Å²) < 4.78 is 27.5. The van der Waals surface area contributed by atoms with Crippen molar-refractivity contribution < 1.29 is 32.9 Å². The van der Waals surface area contributed by atoms with E-state index in [-0.39, 0.29) is 6.16 Å². The van der Waals surface area contributed by atoms with Crippen LogP contribution in [0.15, 0.2) is 0 Å². The van der Waals surface area contributed by atoms with Crippen LogP contribution in [0.1, 0.15) is 45.4 Å². The molecule has 0 saturated carbocycles. The fourth-order valence-corrected chi connectivity index (χ4v) is 4.33. The highest BCUT2D eigenvalue weighted by Gasteiger charge is 2.31. The maximum atomic E-state index is 12.9. The molecular weight excluding hydrogens is 363 g/mol. The van der Waals surface area contributed by atoms with Crippen LogP contribution in [0.25, 0.3) is 0 Å². The van der Waals surface area contributed by atoms with Crippen LogP contribution in [0, 0.1) is 0 Å². The Balaban J connectivity index is 2.52. The van der Waals surface area contributed by atoms with Gasteiger partial charge in [0.1, 0.15) is 12.2 Å².